The van der Waals surface area contributed by atoms with Gasteiger partial charge < -0.3 is 19.7 Å². The fraction of sp³-hybridized carbons (Fsp3) is 0.588. The molecular weight excluding hydrogens is 316 g/mol. The van der Waals surface area contributed by atoms with Crippen molar-refractivity contribution in [2.24, 2.45) is 0 Å². The van der Waals surface area contributed by atoms with E-state index in [4.69, 9.17) is 9.47 Å². The van der Waals surface area contributed by atoms with Crippen LogP contribution >= 0.6 is 12.4 Å². The molecule has 0 atom stereocenters. The van der Waals surface area contributed by atoms with Crippen molar-refractivity contribution in [2.75, 3.05) is 33.4 Å². The molecule has 6 heteroatoms. The van der Waals surface area contributed by atoms with E-state index in [0.29, 0.717) is 12.5 Å². The van der Waals surface area contributed by atoms with E-state index in [0.717, 1.165) is 62.5 Å². The number of amides is 1. The average molecular weight is 343 g/mol. The van der Waals surface area contributed by atoms with Crippen LogP contribution in [0.4, 0.5) is 0 Å². The van der Waals surface area contributed by atoms with E-state index < -0.39 is 0 Å². The molecule has 0 saturated carbocycles. The van der Waals surface area contributed by atoms with Crippen LogP contribution in [0, 0.1) is 0 Å². The van der Waals surface area contributed by atoms with Gasteiger partial charge in [-0.15, -0.1) is 12.4 Å². The van der Waals surface area contributed by atoms with Crippen LogP contribution in [-0.2, 0) is 11.3 Å². The quantitative estimate of drug-likeness (QED) is 0.701. The number of hydrogen-bond acceptors (Lipinski definition) is 4. The predicted octanol–water partition coefficient (Wildman–Crippen LogP) is 2.62. The number of likely N-dealkylation sites (tertiary alicyclic amines) is 1. The fourth-order valence-electron chi connectivity index (χ4n) is 2.73. The second kappa shape index (κ2) is 10.3. The van der Waals surface area contributed by atoms with Gasteiger partial charge in [-0.1, -0.05) is 12.1 Å². The summed E-state index contributed by atoms with van der Waals surface area (Å²) in [6.07, 6.45) is 2.70. The lowest BCUT2D eigenvalue weighted by molar-refractivity contribution is -0.127. The van der Waals surface area contributed by atoms with Crippen molar-refractivity contribution in [3.05, 3.63) is 23.8 Å². The minimum atomic E-state index is 0. The Morgan fingerprint density at radius 3 is 2.83 bits per heavy atom. The number of carbonyl (C=O) groups excluding carboxylic acids is 1. The van der Waals surface area contributed by atoms with E-state index in [1.165, 1.54) is 0 Å². The van der Waals surface area contributed by atoms with E-state index in [-0.39, 0.29) is 12.4 Å². The maximum absolute atomic E-state index is 11.5. The second-order valence-electron chi connectivity index (χ2n) is 5.40. The molecule has 1 saturated heterocycles. The van der Waals surface area contributed by atoms with Crippen LogP contribution in [-0.4, -0.2) is 44.2 Å². The van der Waals surface area contributed by atoms with Crippen molar-refractivity contribution >= 4 is 18.3 Å². The SMILES string of the molecule is CCOc1c(CNCCCN2CCCC2=O)cccc1OC.Cl. The van der Waals surface area contributed by atoms with Crippen molar-refractivity contribution in [3.8, 4) is 11.5 Å². The van der Waals surface area contributed by atoms with Gasteiger partial charge in [-0.25, -0.2) is 0 Å². The Bertz CT molecular complexity index is 497. The van der Waals surface area contributed by atoms with E-state index in [1.54, 1.807) is 7.11 Å². The minimum absolute atomic E-state index is 0. The first-order valence-electron chi connectivity index (χ1n) is 8.03. The van der Waals surface area contributed by atoms with Gasteiger partial charge in [0.05, 0.1) is 13.7 Å². The maximum Gasteiger partial charge on any atom is 0.222 e. The maximum atomic E-state index is 11.5. The van der Waals surface area contributed by atoms with E-state index in [2.05, 4.69) is 5.32 Å². The van der Waals surface area contributed by atoms with Crippen LogP contribution in [0.3, 0.4) is 0 Å². The van der Waals surface area contributed by atoms with Crippen molar-refractivity contribution in [1.29, 1.82) is 0 Å². The number of nitrogens with zero attached hydrogens (tertiary/aromatic N) is 1. The van der Waals surface area contributed by atoms with Gasteiger partial charge >= 0.3 is 0 Å². The zero-order chi connectivity index (χ0) is 15.8. The third-order valence-electron chi connectivity index (χ3n) is 3.84. The van der Waals surface area contributed by atoms with Gasteiger partial charge in [0.1, 0.15) is 0 Å². The zero-order valence-electron chi connectivity index (χ0n) is 14.0. The Morgan fingerprint density at radius 1 is 1.35 bits per heavy atom. The van der Waals surface area contributed by atoms with Gasteiger partial charge in [-0.3, -0.25) is 4.79 Å². The predicted molar refractivity (Wildman–Crippen MR) is 93.5 cm³/mol. The first kappa shape index (κ1) is 19.6. The highest BCUT2D eigenvalue weighted by atomic mass is 35.5. The lowest BCUT2D eigenvalue weighted by atomic mass is 10.2. The summed E-state index contributed by atoms with van der Waals surface area (Å²) in [6, 6.07) is 5.93. The Hall–Kier alpha value is -1.46. The van der Waals surface area contributed by atoms with E-state index >= 15 is 0 Å². The number of halogens is 1. The molecule has 1 heterocycles. The summed E-state index contributed by atoms with van der Waals surface area (Å²) in [5, 5.41) is 3.42. The lowest BCUT2D eigenvalue weighted by Gasteiger charge is -2.16. The van der Waals surface area contributed by atoms with Gasteiger partial charge in [-0.05, 0) is 32.4 Å². The number of ether oxygens (including phenoxy) is 2. The molecule has 0 aliphatic carbocycles. The first-order chi connectivity index (χ1) is 10.8. The number of benzene rings is 1. The molecule has 1 aromatic rings. The topological polar surface area (TPSA) is 50.8 Å². The molecule has 0 aromatic heterocycles. The molecule has 5 nitrogen and oxygen atoms in total. The van der Waals surface area contributed by atoms with Gasteiger partial charge in [0.15, 0.2) is 11.5 Å². The minimum Gasteiger partial charge on any atom is -0.493 e. The smallest absolute Gasteiger partial charge is 0.222 e. The molecule has 23 heavy (non-hydrogen) atoms. The third kappa shape index (κ3) is 5.59. The molecule has 1 fully saturated rings. The molecule has 2 rings (SSSR count). The van der Waals surface area contributed by atoms with Crippen LogP contribution in [0.2, 0.25) is 0 Å². The van der Waals surface area contributed by atoms with Gasteiger partial charge in [0, 0.05) is 31.6 Å². The molecule has 1 amide bonds. The monoisotopic (exact) mass is 342 g/mol. The molecule has 0 bridgehead atoms. The molecule has 1 aliphatic rings. The highest BCUT2D eigenvalue weighted by molar-refractivity contribution is 5.85. The molecule has 130 valence electrons. The summed E-state index contributed by atoms with van der Waals surface area (Å²) in [7, 11) is 1.65. The van der Waals surface area contributed by atoms with Crippen molar-refractivity contribution in [3.63, 3.8) is 0 Å². The normalized spacial score (nSPS) is 13.8. The van der Waals surface area contributed by atoms with Crippen molar-refractivity contribution in [1.82, 2.24) is 10.2 Å². The van der Waals surface area contributed by atoms with Gasteiger partial charge in [-0.2, -0.15) is 0 Å². The number of carbonyl (C=O) groups is 1. The summed E-state index contributed by atoms with van der Waals surface area (Å²) < 4.78 is 11.0. The summed E-state index contributed by atoms with van der Waals surface area (Å²) in [6.45, 7) is 5.97. The summed E-state index contributed by atoms with van der Waals surface area (Å²) in [5.74, 6) is 1.88. The molecule has 1 N–H and O–H groups in total. The number of hydrogen-bond donors (Lipinski definition) is 1. The highest BCUT2D eigenvalue weighted by Crippen LogP contribution is 2.30. The lowest BCUT2D eigenvalue weighted by Crippen LogP contribution is -2.28. The van der Waals surface area contributed by atoms with Crippen LogP contribution in [0.1, 0.15) is 31.7 Å². The Kier molecular flexibility index (Phi) is 8.81. The number of methoxy groups -OCH3 is 1. The van der Waals surface area contributed by atoms with Crippen LogP contribution in [0.5, 0.6) is 11.5 Å². The van der Waals surface area contributed by atoms with Crippen LogP contribution in [0.25, 0.3) is 0 Å². The molecule has 0 radical (unpaired) electrons. The molecule has 0 spiro atoms. The highest BCUT2D eigenvalue weighted by Gasteiger charge is 2.18. The van der Waals surface area contributed by atoms with E-state index in [1.807, 2.05) is 30.0 Å². The molecular formula is C17H27ClN2O3. The number of nitrogens with one attached hydrogen (secondary N) is 1. The fourth-order valence-corrected chi connectivity index (χ4v) is 2.73. The molecule has 0 unspecified atom stereocenters. The van der Waals surface area contributed by atoms with Gasteiger partial charge in [0.25, 0.3) is 0 Å². The first-order valence-corrected chi connectivity index (χ1v) is 8.03. The Labute approximate surface area is 144 Å². The van der Waals surface area contributed by atoms with E-state index in [9.17, 15) is 4.79 Å². The molecule has 1 aromatic carbocycles. The molecule has 1 aliphatic heterocycles. The summed E-state index contributed by atoms with van der Waals surface area (Å²) in [4.78, 5) is 13.5. The average Bonchev–Trinajstić information content (AvgIpc) is 2.93. The summed E-state index contributed by atoms with van der Waals surface area (Å²) >= 11 is 0. The van der Waals surface area contributed by atoms with Crippen molar-refractivity contribution < 1.29 is 14.3 Å². The standard InChI is InChI=1S/C17H26N2O3.ClH/c1-3-22-17-14(7-4-8-15(17)21-2)13-18-10-6-12-19-11-5-9-16(19)20;/h4,7-8,18H,3,5-6,9-13H2,1-2H3;1H. The number of para-hydroxylation sites is 1. The number of rotatable bonds is 9. The van der Waals surface area contributed by atoms with Crippen molar-refractivity contribution in [2.45, 2.75) is 32.7 Å². The third-order valence-corrected chi connectivity index (χ3v) is 3.84. The Morgan fingerprint density at radius 2 is 2.17 bits per heavy atom. The van der Waals surface area contributed by atoms with Crippen LogP contribution < -0.4 is 14.8 Å². The second-order valence-corrected chi connectivity index (χ2v) is 5.40. The van der Waals surface area contributed by atoms with Gasteiger partial charge in [0.2, 0.25) is 5.91 Å². The van der Waals surface area contributed by atoms with Crippen LogP contribution in [0.15, 0.2) is 18.2 Å². The zero-order valence-corrected chi connectivity index (χ0v) is 14.8. The summed E-state index contributed by atoms with van der Waals surface area (Å²) in [5.41, 5.74) is 1.10. The largest absolute Gasteiger partial charge is 0.493 e. The Balaban J connectivity index is 0.00000264.